The zero-order chi connectivity index (χ0) is 36.6. The van der Waals surface area contributed by atoms with E-state index in [1.807, 2.05) is 0 Å². The predicted octanol–water partition coefficient (Wildman–Crippen LogP) is 15.0. The highest BCUT2D eigenvalue weighted by atomic mass is 16.3. The molecule has 0 aliphatic carbocycles. The van der Waals surface area contributed by atoms with E-state index in [0.29, 0.717) is 0 Å². The van der Waals surface area contributed by atoms with Gasteiger partial charge in [0.2, 0.25) is 0 Å². The van der Waals surface area contributed by atoms with Crippen molar-refractivity contribution >= 4 is 66.8 Å². The SMILES string of the molecule is c1ccc(-c2ccc(N(c3ccccc3)c3cc(N(c4ccccc4)c4ccccc4-c4ccccc4)cc4c3oc3c5ccccc5ccc43)cc2)cc1. The summed E-state index contributed by atoms with van der Waals surface area (Å²) in [6.07, 6.45) is 0. The van der Waals surface area contributed by atoms with Gasteiger partial charge in [-0.15, -0.1) is 0 Å². The zero-order valence-corrected chi connectivity index (χ0v) is 30.1. The van der Waals surface area contributed by atoms with Crippen LogP contribution in [0.3, 0.4) is 0 Å². The predicted molar refractivity (Wildman–Crippen MR) is 231 cm³/mol. The lowest BCUT2D eigenvalue weighted by Crippen LogP contribution is -2.14. The lowest BCUT2D eigenvalue weighted by Gasteiger charge is -2.30. The molecule has 0 N–H and O–H groups in total. The molecule has 0 fully saturated rings. The maximum absolute atomic E-state index is 7.09. The summed E-state index contributed by atoms with van der Waals surface area (Å²) in [6, 6.07) is 77.4. The van der Waals surface area contributed by atoms with E-state index in [9.17, 15) is 0 Å². The Hall–Kier alpha value is -7.36. The molecule has 10 rings (SSSR count). The van der Waals surface area contributed by atoms with Crippen LogP contribution in [-0.2, 0) is 0 Å². The molecule has 3 heteroatoms. The second-order valence-corrected chi connectivity index (χ2v) is 13.7. The van der Waals surface area contributed by atoms with Crippen molar-refractivity contribution in [2.24, 2.45) is 0 Å². The van der Waals surface area contributed by atoms with Gasteiger partial charge in [-0.05, 0) is 82.7 Å². The fourth-order valence-electron chi connectivity index (χ4n) is 7.84. The Morgan fingerprint density at radius 1 is 0.291 bits per heavy atom. The summed E-state index contributed by atoms with van der Waals surface area (Å²) in [6.45, 7) is 0. The minimum atomic E-state index is 0.829. The van der Waals surface area contributed by atoms with Crippen LogP contribution in [0.25, 0.3) is 55.0 Å². The second kappa shape index (κ2) is 13.9. The summed E-state index contributed by atoms with van der Waals surface area (Å²) in [7, 11) is 0. The number of hydrogen-bond donors (Lipinski definition) is 0. The van der Waals surface area contributed by atoms with Gasteiger partial charge in [-0.1, -0.05) is 158 Å². The largest absolute Gasteiger partial charge is 0.453 e. The van der Waals surface area contributed by atoms with Crippen LogP contribution in [0.15, 0.2) is 223 Å². The van der Waals surface area contributed by atoms with Gasteiger partial charge in [-0.3, -0.25) is 0 Å². The monoisotopic (exact) mass is 704 g/mol. The highest BCUT2D eigenvalue weighted by molar-refractivity contribution is 6.18. The first-order valence-corrected chi connectivity index (χ1v) is 18.7. The molecule has 0 atom stereocenters. The molecule has 3 nitrogen and oxygen atoms in total. The molecular weight excluding hydrogens is 669 g/mol. The number of para-hydroxylation sites is 3. The molecule has 260 valence electrons. The first-order valence-electron chi connectivity index (χ1n) is 18.7. The lowest BCUT2D eigenvalue weighted by molar-refractivity contribution is 0.673. The van der Waals surface area contributed by atoms with E-state index in [-0.39, 0.29) is 0 Å². The Bertz CT molecular complexity index is 2900. The average molecular weight is 705 g/mol. The van der Waals surface area contributed by atoms with E-state index >= 15 is 0 Å². The van der Waals surface area contributed by atoms with E-state index in [4.69, 9.17) is 4.42 Å². The summed E-state index contributed by atoms with van der Waals surface area (Å²) in [5, 5.41) is 4.37. The Labute approximate surface area is 320 Å². The Kier molecular flexibility index (Phi) is 8.16. The lowest BCUT2D eigenvalue weighted by atomic mass is 10.0. The number of anilines is 6. The molecule has 0 aliphatic rings. The summed E-state index contributed by atoms with van der Waals surface area (Å²) < 4.78 is 7.09. The number of fused-ring (bicyclic) bond motifs is 5. The van der Waals surface area contributed by atoms with Crippen LogP contribution in [-0.4, -0.2) is 0 Å². The van der Waals surface area contributed by atoms with E-state index < -0.39 is 0 Å². The molecule has 0 aliphatic heterocycles. The van der Waals surface area contributed by atoms with Gasteiger partial charge in [-0.25, -0.2) is 0 Å². The van der Waals surface area contributed by atoms with Crippen LogP contribution in [0, 0.1) is 0 Å². The third kappa shape index (κ3) is 5.89. The first kappa shape index (κ1) is 32.3. The van der Waals surface area contributed by atoms with E-state index in [2.05, 4.69) is 228 Å². The van der Waals surface area contributed by atoms with Crippen molar-refractivity contribution in [1.82, 2.24) is 0 Å². The molecule has 0 saturated carbocycles. The highest BCUT2D eigenvalue weighted by Gasteiger charge is 2.25. The standard InChI is InChI=1S/C52H36N2O/c1-5-17-37(18-6-1)38-29-32-43(33-30-38)53(41-22-9-3-10-23-41)50-36-44(35-48-47-34-31-40-21-13-14-27-46(40)51(47)55-52(48)50)54(42-24-11-4-12-25-42)49-28-16-15-26-45(49)39-19-7-2-8-20-39/h1-36H. The maximum Gasteiger partial charge on any atom is 0.159 e. The molecule has 55 heavy (non-hydrogen) atoms. The van der Waals surface area contributed by atoms with Crippen molar-refractivity contribution in [3.8, 4) is 22.3 Å². The Balaban J connectivity index is 1.28. The summed E-state index contributed by atoms with van der Waals surface area (Å²) in [5.41, 5.74) is 12.6. The van der Waals surface area contributed by atoms with Crippen LogP contribution < -0.4 is 9.80 Å². The van der Waals surface area contributed by atoms with Gasteiger partial charge in [-0.2, -0.15) is 0 Å². The van der Waals surface area contributed by atoms with Gasteiger partial charge in [0, 0.05) is 44.5 Å². The quantitative estimate of drug-likeness (QED) is 0.157. The highest BCUT2D eigenvalue weighted by Crippen LogP contribution is 2.49. The fourth-order valence-corrected chi connectivity index (χ4v) is 7.84. The van der Waals surface area contributed by atoms with Gasteiger partial charge < -0.3 is 14.2 Å². The Morgan fingerprint density at radius 2 is 0.818 bits per heavy atom. The van der Waals surface area contributed by atoms with Crippen LogP contribution in [0.5, 0.6) is 0 Å². The molecule has 0 amide bonds. The number of rotatable bonds is 8. The van der Waals surface area contributed by atoms with E-state index in [1.54, 1.807) is 0 Å². The molecule has 0 unspecified atom stereocenters. The van der Waals surface area contributed by atoms with Gasteiger partial charge in [0.15, 0.2) is 5.58 Å². The van der Waals surface area contributed by atoms with Crippen molar-refractivity contribution in [1.29, 1.82) is 0 Å². The molecule has 1 aromatic heterocycles. The van der Waals surface area contributed by atoms with Gasteiger partial charge >= 0.3 is 0 Å². The number of furan rings is 1. The van der Waals surface area contributed by atoms with Crippen molar-refractivity contribution in [2.45, 2.75) is 0 Å². The molecule has 0 radical (unpaired) electrons. The van der Waals surface area contributed by atoms with Crippen LogP contribution >= 0.6 is 0 Å². The number of benzene rings is 9. The fraction of sp³-hybridized carbons (Fsp3) is 0. The van der Waals surface area contributed by atoms with Crippen molar-refractivity contribution in [3.05, 3.63) is 218 Å². The van der Waals surface area contributed by atoms with Crippen molar-refractivity contribution in [3.63, 3.8) is 0 Å². The Morgan fingerprint density at radius 3 is 1.51 bits per heavy atom. The second-order valence-electron chi connectivity index (χ2n) is 13.7. The third-order valence-corrected chi connectivity index (χ3v) is 10.4. The zero-order valence-electron chi connectivity index (χ0n) is 30.1. The minimum absolute atomic E-state index is 0.829. The van der Waals surface area contributed by atoms with E-state index in [0.717, 1.165) is 78.0 Å². The number of nitrogens with zero attached hydrogens (tertiary/aromatic N) is 2. The maximum atomic E-state index is 7.09. The van der Waals surface area contributed by atoms with Crippen LogP contribution in [0.1, 0.15) is 0 Å². The average Bonchev–Trinajstić information content (AvgIpc) is 3.65. The van der Waals surface area contributed by atoms with Crippen LogP contribution in [0.4, 0.5) is 34.1 Å². The molecule has 0 spiro atoms. The molecular formula is C52H36N2O. The van der Waals surface area contributed by atoms with Crippen molar-refractivity contribution < 1.29 is 4.42 Å². The third-order valence-electron chi connectivity index (χ3n) is 10.4. The summed E-state index contributed by atoms with van der Waals surface area (Å²) in [5.74, 6) is 0. The molecule has 0 saturated heterocycles. The van der Waals surface area contributed by atoms with Gasteiger partial charge in [0.1, 0.15) is 5.58 Å². The van der Waals surface area contributed by atoms with Gasteiger partial charge in [0.25, 0.3) is 0 Å². The summed E-state index contributed by atoms with van der Waals surface area (Å²) >= 11 is 0. The van der Waals surface area contributed by atoms with E-state index in [1.165, 1.54) is 11.1 Å². The topological polar surface area (TPSA) is 19.6 Å². The normalized spacial score (nSPS) is 11.3. The van der Waals surface area contributed by atoms with Gasteiger partial charge in [0.05, 0.1) is 11.4 Å². The molecule has 1 heterocycles. The van der Waals surface area contributed by atoms with Crippen LogP contribution in [0.2, 0.25) is 0 Å². The molecule has 10 aromatic rings. The van der Waals surface area contributed by atoms with Crippen molar-refractivity contribution in [2.75, 3.05) is 9.80 Å². The molecule has 9 aromatic carbocycles. The smallest absolute Gasteiger partial charge is 0.159 e. The minimum Gasteiger partial charge on any atom is -0.453 e. The molecule has 0 bridgehead atoms. The summed E-state index contributed by atoms with van der Waals surface area (Å²) in [4.78, 5) is 4.71. The first-order chi connectivity index (χ1) is 27.3. The number of hydrogen-bond acceptors (Lipinski definition) is 3.